The summed E-state index contributed by atoms with van der Waals surface area (Å²) in [6.07, 6.45) is 0.139. The number of carbonyl (C=O) groups excluding carboxylic acids is 2. The number of fused-ring (bicyclic) bond motifs is 5. The summed E-state index contributed by atoms with van der Waals surface area (Å²) in [5.41, 5.74) is 6.17. The van der Waals surface area contributed by atoms with Gasteiger partial charge in [0, 0.05) is 16.5 Å². The summed E-state index contributed by atoms with van der Waals surface area (Å²) in [7, 11) is -2.86. The molecule has 2 aliphatic rings. The molecule has 0 spiro atoms. The molecule has 172 valence electrons. The summed E-state index contributed by atoms with van der Waals surface area (Å²) in [5, 5.41) is 11.8. The Labute approximate surface area is 188 Å². The van der Waals surface area contributed by atoms with E-state index in [1.807, 2.05) is 30.3 Å². The van der Waals surface area contributed by atoms with Crippen LogP contribution in [-0.4, -0.2) is 35.1 Å². The minimum atomic E-state index is -2.86. The Bertz CT molecular complexity index is 1440. The largest absolute Gasteiger partial charge is 0.458 e. The number of urea groups is 1. The molecule has 0 saturated carbocycles. The lowest BCUT2D eigenvalue weighted by Gasteiger charge is -2.31. The number of primary amides is 1. The molecule has 0 fully saturated rings. The summed E-state index contributed by atoms with van der Waals surface area (Å²) < 4.78 is 27.0. The number of esters is 1. The number of nitrogens with zero attached hydrogens (tertiary/aromatic N) is 2. The van der Waals surface area contributed by atoms with Gasteiger partial charge in [0.1, 0.15) is 6.61 Å². The van der Waals surface area contributed by atoms with Crippen LogP contribution >= 0.6 is 0 Å². The van der Waals surface area contributed by atoms with E-state index in [4.69, 9.17) is 9.72 Å². The number of para-hydroxylation sites is 1. The summed E-state index contributed by atoms with van der Waals surface area (Å²) in [5.74, 6) is -0.707. The molecular weight excluding hydrogens is 452 g/mol. The van der Waals surface area contributed by atoms with Crippen molar-refractivity contribution in [3.8, 4) is 11.4 Å². The number of rotatable bonds is 2. The van der Waals surface area contributed by atoms with Gasteiger partial charge in [-0.2, -0.15) is 0 Å². The minimum Gasteiger partial charge on any atom is -0.458 e. The van der Waals surface area contributed by atoms with E-state index in [9.17, 15) is 27.9 Å². The number of aromatic nitrogens is 2. The van der Waals surface area contributed by atoms with Crippen molar-refractivity contribution in [2.75, 3.05) is 0 Å². The van der Waals surface area contributed by atoms with E-state index in [1.54, 1.807) is 17.6 Å². The van der Waals surface area contributed by atoms with E-state index in [-0.39, 0.29) is 18.6 Å². The number of nitrogens with two attached hydrogens (primary N) is 1. The van der Waals surface area contributed by atoms with Crippen LogP contribution in [0.2, 0.25) is 0 Å². The maximum absolute atomic E-state index is 13.0. The van der Waals surface area contributed by atoms with Gasteiger partial charge < -0.3 is 20.1 Å². The summed E-state index contributed by atoms with van der Waals surface area (Å²) >= 11 is 0. The minimum absolute atomic E-state index is 0.110. The highest BCUT2D eigenvalue weighted by molar-refractivity contribution is 7.70. The Hall–Kier alpha value is -3.77. The predicted molar refractivity (Wildman–Crippen MR) is 118 cm³/mol. The number of aliphatic hydroxyl groups is 1. The molecule has 0 bridgehead atoms. The van der Waals surface area contributed by atoms with Crippen molar-refractivity contribution < 1.29 is 27.9 Å². The topological polar surface area (TPSA) is 171 Å². The molecule has 11 nitrogen and oxygen atoms in total. The molecule has 3 aromatic rings. The average Bonchev–Trinajstić information content (AvgIpc) is 3.12. The molecule has 1 atom stereocenters. The van der Waals surface area contributed by atoms with Gasteiger partial charge in [0.05, 0.1) is 29.0 Å². The maximum Gasteiger partial charge on any atom is 0.343 e. The second-order valence-corrected chi connectivity index (χ2v) is 8.26. The first-order valence-electron chi connectivity index (χ1n) is 9.92. The van der Waals surface area contributed by atoms with Crippen LogP contribution in [0.3, 0.4) is 0 Å². The van der Waals surface area contributed by atoms with E-state index >= 15 is 0 Å². The normalized spacial score (nSPS) is 18.0. The zero-order valence-electron chi connectivity index (χ0n) is 17.4. The zero-order valence-corrected chi connectivity index (χ0v) is 18.3. The van der Waals surface area contributed by atoms with Gasteiger partial charge in [-0.05, 0) is 24.6 Å². The van der Waals surface area contributed by atoms with Gasteiger partial charge in [-0.1, -0.05) is 25.1 Å². The van der Waals surface area contributed by atoms with Crippen LogP contribution in [0, 0.1) is 0 Å². The molecule has 5 rings (SSSR count). The smallest absolute Gasteiger partial charge is 0.343 e. The lowest BCUT2D eigenvalue weighted by molar-refractivity contribution is -0.172. The highest BCUT2D eigenvalue weighted by Gasteiger charge is 2.45. The molecule has 2 aromatic heterocycles. The molecule has 2 amide bonds. The van der Waals surface area contributed by atoms with Gasteiger partial charge >= 0.3 is 12.0 Å². The molecule has 4 heterocycles. The average molecular weight is 472 g/mol. The molecule has 0 radical (unpaired) electrons. The molecule has 4 N–H and O–H groups in total. The van der Waals surface area contributed by atoms with Crippen molar-refractivity contribution in [3.63, 3.8) is 0 Å². The Kier molecular flexibility index (Phi) is 5.64. The number of amides is 2. The van der Waals surface area contributed by atoms with E-state index in [2.05, 4.69) is 5.73 Å². The fourth-order valence-corrected chi connectivity index (χ4v) is 4.20. The van der Waals surface area contributed by atoms with Crippen molar-refractivity contribution in [1.29, 1.82) is 0 Å². The van der Waals surface area contributed by atoms with Gasteiger partial charge in [-0.3, -0.25) is 4.79 Å². The van der Waals surface area contributed by atoms with Crippen LogP contribution in [0.5, 0.6) is 0 Å². The predicted octanol–water partition coefficient (Wildman–Crippen LogP) is 0.261. The van der Waals surface area contributed by atoms with Gasteiger partial charge in [0.15, 0.2) is 5.60 Å². The van der Waals surface area contributed by atoms with Crippen LogP contribution in [0.15, 0.2) is 41.2 Å². The molecule has 1 aromatic carbocycles. The van der Waals surface area contributed by atoms with Crippen molar-refractivity contribution in [2.45, 2.75) is 32.1 Å². The van der Waals surface area contributed by atoms with Crippen molar-refractivity contribution in [2.24, 2.45) is 5.73 Å². The van der Waals surface area contributed by atoms with Gasteiger partial charge in [-0.15, -0.1) is 0 Å². The molecular formula is C21H20N4O7S. The molecule has 0 saturated heterocycles. The number of cyclic esters (lactones) is 1. The van der Waals surface area contributed by atoms with Crippen molar-refractivity contribution >= 4 is 33.8 Å². The van der Waals surface area contributed by atoms with Gasteiger partial charge in [0.2, 0.25) is 10.9 Å². The van der Waals surface area contributed by atoms with Crippen LogP contribution in [0.1, 0.15) is 30.0 Å². The maximum atomic E-state index is 13.0. The highest BCUT2D eigenvalue weighted by Crippen LogP contribution is 2.38. The Morgan fingerprint density at radius 1 is 1.30 bits per heavy atom. The fourth-order valence-electron chi connectivity index (χ4n) is 4.02. The number of carbonyl (C=O) groups is 2. The number of ether oxygens (including phenoxy) is 1. The third kappa shape index (κ3) is 3.83. The first kappa shape index (κ1) is 22.4. The second-order valence-electron chi connectivity index (χ2n) is 7.53. The number of pyridine rings is 2. The standard InChI is InChI=1S/C20H16N2O4.CH4N2O3S/c1-2-20(25)14-8-16-17-12(7-11-5-3-4-6-15(11)21-17)9-22(16)18(23)13(14)10-26-19(20)24;2-1(4)3-7(5)6/h3-8,25H,2,9-10H2,1H3;7H,(H3,2,3,4,5,6). The second kappa shape index (κ2) is 8.30. The quantitative estimate of drug-likeness (QED) is 0.238. The Morgan fingerprint density at radius 2 is 2.03 bits per heavy atom. The highest BCUT2D eigenvalue weighted by atomic mass is 32.2. The van der Waals surface area contributed by atoms with E-state index in [1.165, 1.54) is 4.72 Å². The third-order valence-corrected chi connectivity index (χ3v) is 6.02. The number of benzene rings is 1. The first-order chi connectivity index (χ1) is 15.7. The van der Waals surface area contributed by atoms with Gasteiger partial charge in [-0.25, -0.2) is 27.7 Å². The Balaban J connectivity index is 0.000000325. The summed E-state index contributed by atoms with van der Waals surface area (Å²) in [4.78, 5) is 39.4. The Morgan fingerprint density at radius 3 is 2.67 bits per heavy atom. The molecule has 0 aliphatic carbocycles. The van der Waals surface area contributed by atoms with Crippen LogP contribution < -0.4 is 16.0 Å². The zero-order chi connectivity index (χ0) is 23.9. The molecule has 1 unspecified atom stereocenters. The lowest BCUT2D eigenvalue weighted by Crippen LogP contribution is -2.44. The van der Waals surface area contributed by atoms with Crippen molar-refractivity contribution in [1.82, 2.24) is 14.3 Å². The van der Waals surface area contributed by atoms with Crippen LogP contribution in [-0.2, 0) is 39.2 Å². The monoisotopic (exact) mass is 472 g/mol. The van der Waals surface area contributed by atoms with Gasteiger partial charge in [0.25, 0.3) is 5.56 Å². The van der Waals surface area contributed by atoms with E-state index in [0.29, 0.717) is 23.4 Å². The lowest BCUT2D eigenvalue weighted by atomic mass is 9.86. The number of hydrogen-bond acceptors (Lipinski definition) is 8. The molecule has 33 heavy (non-hydrogen) atoms. The summed E-state index contributed by atoms with van der Waals surface area (Å²) in [6.45, 7) is 2.01. The number of nitrogens with one attached hydrogen (secondary N) is 1. The van der Waals surface area contributed by atoms with Crippen molar-refractivity contribution in [3.05, 3.63) is 63.4 Å². The SMILES string of the molecule is CCC1(O)C(=O)OCc2c1cc1n(c2=O)Cc2cc3ccccc3nc2-1.NC(=O)N[SH](=O)=O. The fraction of sp³-hybridized carbons (Fsp3) is 0.238. The first-order valence-corrected chi connectivity index (χ1v) is 11.1. The summed E-state index contributed by atoms with van der Waals surface area (Å²) in [6, 6.07) is 10.5. The number of hydrogen-bond donors (Lipinski definition) is 4. The number of thiol groups is 1. The third-order valence-electron chi connectivity index (χ3n) is 5.62. The van der Waals surface area contributed by atoms with E-state index < -0.39 is 28.5 Å². The van der Waals surface area contributed by atoms with Crippen LogP contribution in [0.4, 0.5) is 4.79 Å². The van der Waals surface area contributed by atoms with Crippen LogP contribution in [0.25, 0.3) is 22.3 Å². The molecule has 12 heteroatoms. The molecule has 2 aliphatic heterocycles. The van der Waals surface area contributed by atoms with E-state index in [0.717, 1.165) is 22.2 Å².